The highest BCUT2D eigenvalue weighted by molar-refractivity contribution is 7.10. The molecule has 17 heavy (non-hydrogen) atoms. The fourth-order valence-corrected chi connectivity index (χ4v) is 2.47. The number of halogens is 1. The Morgan fingerprint density at radius 3 is 2.53 bits per heavy atom. The molecule has 4 heteroatoms. The average molecular weight is 246 g/mol. The minimum absolute atomic E-state index is 0.281. The first-order valence-corrected chi connectivity index (χ1v) is 6.04. The second kappa shape index (κ2) is 4.98. The van der Waals surface area contributed by atoms with Crippen molar-refractivity contribution in [1.29, 1.82) is 5.26 Å². The molecule has 0 saturated carbocycles. The van der Waals surface area contributed by atoms with Gasteiger partial charge < -0.3 is 5.32 Å². The molecule has 0 amide bonds. The van der Waals surface area contributed by atoms with Crippen LogP contribution in [0.2, 0.25) is 0 Å². The van der Waals surface area contributed by atoms with E-state index < -0.39 is 0 Å². The third-order valence-electron chi connectivity index (χ3n) is 2.45. The molecular weight excluding hydrogens is 235 g/mol. The molecule has 0 spiro atoms. The fourth-order valence-electron chi connectivity index (χ4n) is 1.55. The second-order valence-electron chi connectivity index (χ2n) is 3.68. The monoisotopic (exact) mass is 246 g/mol. The summed E-state index contributed by atoms with van der Waals surface area (Å²) in [7, 11) is 0. The number of anilines is 1. The van der Waals surface area contributed by atoms with Gasteiger partial charge >= 0.3 is 0 Å². The predicted molar refractivity (Wildman–Crippen MR) is 67.4 cm³/mol. The van der Waals surface area contributed by atoms with Crippen LogP contribution in [-0.4, -0.2) is 0 Å². The summed E-state index contributed by atoms with van der Waals surface area (Å²) in [5.41, 5.74) is 1.84. The Labute approximate surface area is 103 Å². The van der Waals surface area contributed by atoms with E-state index in [-0.39, 0.29) is 11.9 Å². The maximum Gasteiger partial charge on any atom is 0.149 e. The van der Waals surface area contributed by atoms with Crippen LogP contribution in [0.5, 0.6) is 0 Å². The molecule has 2 aromatic rings. The van der Waals surface area contributed by atoms with Crippen LogP contribution in [0.4, 0.5) is 10.1 Å². The standard InChI is InChI=1S/C13H11FN2S/c1-9-6-7-17-13(9)12(8-15)16-11-4-2-10(14)3-5-11/h2-7,12,16H,1H3. The summed E-state index contributed by atoms with van der Waals surface area (Å²) in [4.78, 5) is 0.997. The van der Waals surface area contributed by atoms with Crippen molar-refractivity contribution in [2.45, 2.75) is 13.0 Å². The Bertz CT molecular complexity index is 539. The molecule has 1 heterocycles. The first kappa shape index (κ1) is 11.6. The van der Waals surface area contributed by atoms with Crippen LogP contribution in [0.15, 0.2) is 35.7 Å². The van der Waals surface area contributed by atoms with Crippen LogP contribution in [0.3, 0.4) is 0 Å². The molecule has 1 unspecified atom stereocenters. The molecule has 86 valence electrons. The zero-order chi connectivity index (χ0) is 12.3. The Hall–Kier alpha value is -1.86. The Morgan fingerprint density at radius 1 is 1.29 bits per heavy atom. The number of rotatable bonds is 3. The van der Waals surface area contributed by atoms with Crippen molar-refractivity contribution in [2.24, 2.45) is 0 Å². The van der Waals surface area contributed by atoms with Gasteiger partial charge in [0.1, 0.15) is 11.9 Å². The molecule has 0 aliphatic rings. The maximum atomic E-state index is 12.8. The molecule has 1 aromatic carbocycles. The number of nitrogens with zero attached hydrogens (tertiary/aromatic N) is 1. The maximum absolute atomic E-state index is 12.8. The summed E-state index contributed by atoms with van der Waals surface area (Å²) in [6.45, 7) is 1.97. The van der Waals surface area contributed by atoms with E-state index in [1.807, 2.05) is 18.4 Å². The number of hydrogen-bond acceptors (Lipinski definition) is 3. The molecule has 1 N–H and O–H groups in total. The first-order valence-electron chi connectivity index (χ1n) is 5.16. The molecule has 0 fully saturated rings. The Kier molecular flexibility index (Phi) is 3.40. The van der Waals surface area contributed by atoms with E-state index in [1.165, 1.54) is 12.1 Å². The van der Waals surface area contributed by atoms with Crippen molar-refractivity contribution in [3.05, 3.63) is 52.0 Å². The summed E-state index contributed by atoms with van der Waals surface area (Å²) in [5.74, 6) is -0.281. The minimum Gasteiger partial charge on any atom is -0.366 e. The molecule has 0 bridgehead atoms. The van der Waals surface area contributed by atoms with E-state index in [4.69, 9.17) is 5.26 Å². The van der Waals surface area contributed by atoms with Gasteiger partial charge in [-0.05, 0) is 48.2 Å². The smallest absolute Gasteiger partial charge is 0.149 e. The molecular formula is C13H11FN2S. The van der Waals surface area contributed by atoms with Gasteiger partial charge in [-0.1, -0.05) is 0 Å². The van der Waals surface area contributed by atoms with Gasteiger partial charge in [0.05, 0.1) is 6.07 Å². The van der Waals surface area contributed by atoms with Crippen LogP contribution in [-0.2, 0) is 0 Å². The van der Waals surface area contributed by atoms with E-state index in [1.54, 1.807) is 23.5 Å². The highest BCUT2D eigenvalue weighted by Crippen LogP contribution is 2.26. The largest absolute Gasteiger partial charge is 0.366 e. The molecule has 0 aliphatic carbocycles. The van der Waals surface area contributed by atoms with Crippen molar-refractivity contribution in [3.8, 4) is 6.07 Å². The van der Waals surface area contributed by atoms with Crippen LogP contribution in [0.1, 0.15) is 16.5 Å². The van der Waals surface area contributed by atoms with Crippen LogP contribution in [0, 0.1) is 24.1 Å². The number of thiophene rings is 1. The van der Waals surface area contributed by atoms with Crippen LogP contribution >= 0.6 is 11.3 Å². The van der Waals surface area contributed by atoms with Crippen LogP contribution in [0.25, 0.3) is 0 Å². The lowest BCUT2D eigenvalue weighted by Crippen LogP contribution is -2.07. The van der Waals surface area contributed by atoms with E-state index in [9.17, 15) is 4.39 Å². The molecule has 1 atom stereocenters. The molecule has 0 radical (unpaired) electrons. The van der Waals surface area contributed by atoms with Gasteiger partial charge in [0.2, 0.25) is 0 Å². The zero-order valence-corrected chi connectivity index (χ0v) is 10.1. The number of benzene rings is 1. The molecule has 0 saturated heterocycles. The van der Waals surface area contributed by atoms with Gasteiger partial charge in [0.15, 0.2) is 0 Å². The van der Waals surface area contributed by atoms with Crippen molar-refractivity contribution in [1.82, 2.24) is 0 Å². The summed E-state index contributed by atoms with van der Waals surface area (Å²) < 4.78 is 12.8. The lowest BCUT2D eigenvalue weighted by atomic mass is 10.1. The van der Waals surface area contributed by atoms with Crippen molar-refractivity contribution >= 4 is 17.0 Å². The lowest BCUT2D eigenvalue weighted by Gasteiger charge is -2.12. The topological polar surface area (TPSA) is 35.8 Å². The highest BCUT2D eigenvalue weighted by Gasteiger charge is 2.13. The van der Waals surface area contributed by atoms with E-state index in [2.05, 4.69) is 11.4 Å². The summed E-state index contributed by atoms with van der Waals surface area (Å²) in [6, 6.07) is 9.81. The van der Waals surface area contributed by atoms with Gasteiger partial charge in [0.25, 0.3) is 0 Å². The third kappa shape index (κ3) is 2.63. The summed E-state index contributed by atoms with van der Waals surface area (Å²) in [5, 5.41) is 14.2. The zero-order valence-electron chi connectivity index (χ0n) is 9.27. The Balaban J connectivity index is 2.19. The van der Waals surface area contributed by atoms with Crippen LogP contribution < -0.4 is 5.32 Å². The number of aryl methyl sites for hydroxylation is 1. The molecule has 2 nitrogen and oxygen atoms in total. The number of nitrogens with one attached hydrogen (secondary N) is 1. The molecule has 2 rings (SSSR count). The average Bonchev–Trinajstić information content (AvgIpc) is 2.75. The van der Waals surface area contributed by atoms with Crippen molar-refractivity contribution < 1.29 is 4.39 Å². The van der Waals surface area contributed by atoms with Crippen molar-refractivity contribution in [2.75, 3.05) is 5.32 Å². The van der Waals surface area contributed by atoms with Gasteiger partial charge in [0, 0.05) is 10.6 Å². The van der Waals surface area contributed by atoms with Gasteiger partial charge in [-0.15, -0.1) is 11.3 Å². The Morgan fingerprint density at radius 2 is 2.00 bits per heavy atom. The van der Waals surface area contributed by atoms with E-state index in [0.717, 1.165) is 16.1 Å². The SMILES string of the molecule is Cc1ccsc1C(C#N)Nc1ccc(F)cc1. The molecule has 0 aliphatic heterocycles. The molecule has 1 aromatic heterocycles. The van der Waals surface area contributed by atoms with E-state index in [0.29, 0.717) is 0 Å². The van der Waals surface area contributed by atoms with Gasteiger partial charge in [-0.25, -0.2) is 4.39 Å². The summed E-state index contributed by atoms with van der Waals surface area (Å²) in [6.07, 6.45) is 0. The third-order valence-corrected chi connectivity index (χ3v) is 3.53. The lowest BCUT2D eigenvalue weighted by molar-refractivity contribution is 0.628. The minimum atomic E-state index is -0.388. The fraction of sp³-hybridized carbons (Fsp3) is 0.154. The highest BCUT2D eigenvalue weighted by atomic mass is 32.1. The number of hydrogen-bond donors (Lipinski definition) is 1. The quantitative estimate of drug-likeness (QED) is 0.892. The van der Waals surface area contributed by atoms with Gasteiger partial charge in [-0.2, -0.15) is 5.26 Å². The second-order valence-corrected chi connectivity index (χ2v) is 4.63. The first-order chi connectivity index (χ1) is 8.20. The van der Waals surface area contributed by atoms with Crippen molar-refractivity contribution in [3.63, 3.8) is 0 Å². The predicted octanol–water partition coefficient (Wildman–Crippen LogP) is 3.87. The van der Waals surface area contributed by atoms with Gasteiger partial charge in [-0.3, -0.25) is 0 Å². The summed E-state index contributed by atoms with van der Waals surface area (Å²) >= 11 is 1.55. The number of nitriles is 1. The van der Waals surface area contributed by atoms with E-state index >= 15 is 0 Å². The normalized spacial score (nSPS) is 11.8.